The lowest BCUT2D eigenvalue weighted by Crippen LogP contribution is -2.30. The summed E-state index contributed by atoms with van der Waals surface area (Å²) in [5, 5.41) is 0.605. The van der Waals surface area contributed by atoms with E-state index in [9.17, 15) is 4.79 Å². The standard InChI is InChI=1S/C17H17BrClNO/c1-3-20(11-14-7-5-4-6-12(14)2)17(21)13-8-9-16(19)15(18)10-13/h4-10H,3,11H2,1-2H3. The first-order chi connectivity index (χ1) is 10.0. The topological polar surface area (TPSA) is 20.3 Å². The lowest BCUT2D eigenvalue weighted by molar-refractivity contribution is 0.0752. The molecule has 0 unspecified atom stereocenters. The first kappa shape index (κ1) is 16.1. The Kier molecular flexibility index (Phi) is 5.43. The molecule has 2 rings (SSSR count). The van der Waals surface area contributed by atoms with Crippen LogP contribution in [0.4, 0.5) is 0 Å². The summed E-state index contributed by atoms with van der Waals surface area (Å²) in [5.74, 6) is 0.0121. The second-order valence-electron chi connectivity index (χ2n) is 4.87. The predicted octanol–water partition coefficient (Wildman–Crippen LogP) is 5.07. The molecule has 0 aliphatic carbocycles. The molecule has 0 heterocycles. The van der Waals surface area contributed by atoms with E-state index in [0.29, 0.717) is 23.7 Å². The van der Waals surface area contributed by atoms with Crippen molar-refractivity contribution in [3.8, 4) is 0 Å². The van der Waals surface area contributed by atoms with E-state index in [1.165, 1.54) is 11.1 Å². The molecule has 0 bridgehead atoms. The van der Waals surface area contributed by atoms with E-state index in [0.717, 1.165) is 4.47 Å². The van der Waals surface area contributed by atoms with Crippen LogP contribution in [0.1, 0.15) is 28.4 Å². The maximum atomic E-state index is 12.6. The Hall–Kier alpha value is -1.32. The van der Waals surface area contributed by atoms with Crippen molar-refractivity contribution >= 4 is 33.4 Å². The van der Waals surface area contributed by atoms with Gasteiger partial charge in [-0.15, -0.1) is 0 Å². The minimum atomic E-state index is 0.0121. The van der Waals surface area contributed by atoms with Crippen molar-refractivity contribution in [1.29, 1.82) is 0 Å². The highest BCUT2D eigenvalue weighted by Gasteiger charge is 2.16. The Morgan fingerprint density at radius 2 is 1.95 bits per heavy atom. The number of halogens is 2. The largest absolute Gasteiger partial charge is 0.335 e. The molecule has 0 saturated carbocycles. The van der Waals surface area contributed by atoms with E-state index in [2.05, 4.69) is 35.0 Å². The van der Waals surface area contributed by atoms with Crippen LogP contribution in [-0.2, 0) is 6.54 Å². The van der Waals surface area contributed by atoms with Gasteiger partial charge in [-0.3, -0.25) is 4.79 Å². The van der Waals surface area contributed by atoms with E-state index in [1.54, 1.807) is 18.2 Å². The number of aryl methyl sites for hydroxylation is 1. The number of hydrogen-bond donors (Lipinski definition) is 0. The van der Waals surface area contributed by atoms with Gasteiger partial charge in [-0.1, -0.05) is 35.9 Å². The van der Waals surface area contributed by atoms with Crippen molar-refractivity contribution in [2.75, 3.05) is 6.54 Å². The van der Waals surface area contributed by atoms with E-state index >= 15 is 0 Å². The number of hydrogen-bond acceptors (Lipinski definition) is 1. The summed E-state index contributed by atoms with van der Waals surface area (Å²) in [6, 6.07) is 13.4. The second-order valence-corrected chi connectivity index (χ2v) is 6.14. The summed E-state index contributed by atoms with van der Waals surface area (Å²) >= 11 is 9.34. The zero-order valence-corrected chi connectivity index (χ0v) is 14.4. The number of carbonyl (C=O) groups excluding carboxylic acids is 1. The summed E-state index contributed by atoms with van der Waals surface area (Å²) in [5.41, 5.74) is 3.00. The first-order valence-electron chi connectivity index (χ1n) is 6.81. The number of carbonyl (C=O) groups is 1. The molecular weight excluding hydrogens is 350 g/mol. The van der Waals surface area contributed by atoms with Crippen molar-refractivity contribution in [2.45, 2.75) is 20.4 Å². The summed E-state index contributed by atoms with van der Waals surface area (Å²) in [7, 11) is 0. The number of nitrogens with zero attached hydrogens (tertiary/aromatic N) is 1. The van der Waals surface area contributed by atoms with Crippen molar-refractivity contribution in [3.05, 3.63) is 68.7 Å². The van der Waals surface area contributed by atoms with Gasteiger partial charge in [-0.25, -0.2) is 0 Å². The fraction of sp³-hybridized carbons (Fsp3) is 0.235. The molecule has 0 aliphatic rings. The molecule has 0 radical (unpaired) electrons. The molecule has 0 aliphatic heterocycles. The fourth-order valence-corrected chi connectivity index (χ4v) is 2.63. The van der Waals surface area contributed by atoms with Crippen LogP contribution in [0.15, 0.2) is 46.9 Å². The van der Waals surface area contributed by atoms with Crippen LogP contribution in [0.5, 0.6) is 0 Å². The zero-order valence-electron chi connectivity index (χ0n) is 12.1. The van der Waals surface area contributed by atoms with E-state index in [1.807, 2.05) is 24.0 Å². The predicted molar refractivity (Wildman–Crippen MR) is 90.7 cm³/mol. The number of amides is 1. The van der Waals surface area contributed by atoms with Gasteiger partial charge < -0.3 is 4.90 Å². The third kappa shape index (κ3) is 3.86. The number of rotatable bonds is 4. The molecule has 2 aromatic carbocycles. The second kappa shape index (κ2) is 7.10. The molecule has 0 fully saturated rings. The summed E-state index contributed by atoms with van der Waals surface area (Å²) in [4.78, 5) is 14.4. The smallest absolute Gasteiger partial charge is 0.254 e. The van der Waals surface area contributed by atoms with Crippen molar-refractivity contribution in [3.63, 3.8) is 0 Å². The molecule has 2 nitrogen and oxygen atoms in total. The highest BCUT2D eigenvalue weighted by molar-refractivity contribution is 9.10. The Morgan fingerprint density at radius 1 is 1.24 bits per heavy atom. The Bertz CT molecular complexity index is 657. The molecule has 110 valence electrons. The van der Waals surface area contributed by atoms with Crippen LogP contribution < -0.4 is 0 Å². The van der Waals surface area contributed by atoms with Gasteiger partial charge in [0.05, 0.1) is 5.02 Å². The minimum absolute atomic E-state index is 0.0121. The van der Waals surface area contributed by atoms with Gasteiger partial charge in [-0.05, 0) is 59.1 Å². The molecule has 1 amide bonds. The van der Waals surface area contributed by atoms with Gasteiger partial charge in [0, 0.05) is 23.1 Å². The molecular formula is C17H17BrClNO. The lowest BCUT2D eigenvalue weighted by Gasteiger charge is -2.22. The van der Waals surface area contributed by atoms with Gasteiger partial charge in [0.25, 0.3) is 5.91 Å². The maximum absolute atomic E-state index is 12.6. The lowest BCUT2D eigenvalue weighted by atomic mass is 10.1. The van der Waals surface area contributed by atoms with Crippen LogP contribution >= 0.6 is 27.5 Å². The van der Waals surface area contributed by atoms with E-state index in [4.69, 9.17) is 11.6 Å². The van der Waals surface area contributed by atoms with Crippen LogP contribution in [0.25, 0.3) is 0 Å². The third-order valence-corrected chi connectivity index (χ3v) is 4.67. The van der Waals surface area contributed by atoms with Gasteiger partial charge in [0.1, 0.15) is 0 Å². The van der Waals surface area contributed by atoms with Gasteiger partial charge in [-0.2, -0.15) is 0 Å². The van der Waals surface area contributed by atoms with Crippen molar-refractivity contribution in [2.24, 2.45) is 0 Å². The number of benzene rings is 2. The summed E-state index contributed by atoms with van der Waals surface area (Å²) in [6.07, 6.45) is 0. The van der Waals surface area contributed by atoms with Crippen LogP contribution in [0.2, 0.25) is 5.02 Å². The van der Waals surface area contributed by atoms with Crippen molar-refractivity contribution in [1.82, 2.24) is 4.90 Å². The highest BCUT2D eigenvalue weighted by Crippen LogP contribution is 2.24. The molecule has 0 saturated heterocycles. The summed E-state index contributed by atoms with van der Waals surface area (Å²) < 4.78 is 0.738. The van der Waals surface area contributed by atoms with Crippen molar-refractivity contribution < 1.29 is 4.79 Å². The highest BCUT2D eigenvalue weighted by atomic mass is 79.9. The molecule has 0 N–H and O–H groups in total. The quantitative estimate of drug-likeness (QED) is 0.739. The van der Waals surface area contributed by atoms with Gasteiger partial charge in [0.15, 0.2) is 0 Å². The third-order valence-electron chi connectivity index (χ3n) is 3.46. The molecule has 0 aromatic heterocycles. The monoisotopic (exact) mass is 365 g/mol. The average molecular weight is 367 g/mol. The molecule has 4 heteroatoms. The maximum Gasteiger partial charge on any atom is 0.254 e. The molecule has 0 spiro atoms. The average Bonchev–Trinajstić information content (AvgIpc) is 2.48. The minimum Gasteiger partial charge on any atom is -0.335 e. The van der Waals surface area contributed by atoms with Crippen LogP contribution in [0, 0.1) is 6.92 Å². The Balaban J connectivity index is 2.22. The van der Waals surface area contributed by atoms with Gasteiger partial charge >= 0.3 is 0 Å². The normalized spacial score (nSPS) is 10.5. The molecule has 0 atom stereocenters. The SMILES string of the molecule is CCN(Cc1ccccc1C)C(=O)c1ccc(Cl)c(Br)c1. The van der Waals surface area contributed by atoms with Gasteiger partial charge in [0.2, 0.25) is 0 Å². The summed E-state index contributed by atoms with van der Waals surface area (Å²) in [6.45, 7) is 5.32. The first-order valence-corrected chi connectivity index (χ1v) is 7.99. The van der Waals surface area contributed by atoms with Crippen LogP contribution in [0.3, 0.4) is 0 Å². The molecule has 21 heavy (non-hydrogen) atoms. The Labute approximate surface area is 138 Å². The molecule has 2 aromatic rings. The van der Waals surface area contributed by atoms with E-state index in [-0.39, 0.29) is 5.91 Å². The zero-order chi connectivity index (χ0) is 15.4. The fourth-order valence-electron chi connectivity index (χ4n) is 2.13. The Morgan fingerprint density at radius 3 is 2.57 bits per heavy atom. The van der Waals surface area contributed by atoms with E-state index < -0.39 is 0 Å². The van der Waals surface area contributed by atoms with Crippen LogP contribution in [-0.4, -0.2) is 17.4 Å².